The van der Waals surface area contributed by atoms with Gasteiger partial charge in [-0.2, -0.15) is 0 Å². The van der Waals surface area contributed by atoms with Gasteiger partial charge in [-0.05, 0) is 25.8 Å². The maximum Gasteiger partial charge on any atom is 0.225 e. The van der Waals surface area contributed by atoms with Crippen molar-refractivity contribution in [3.05, 3.63) is 23.8 Å². The zero-order valence-electron chi connectivity index (χ0n) is 11.4. The van der Waals surface area contributed by atoms with Gasteiger partial charge in [-0.15, -0.1) is 0 Å². The van der Waals surface area contributed by atoms with Gasteiger partial charge in [0.15, 0.2) is 0 Å². The van der Waals surface area contributed by atoms with E-state index in [9.17, 15) is 4.79 Å². The molecule has 1 aliphatic heterocycles. The second-order valence-electron chi connectivity index (χ2n) is 5.31. The van der Waals surface area contributed by atoms with Gasteiger partial charge >= 0.3 is 0 Å². The topological polar surface area (TPSA) is 46.1 Å². The van der Waals surface area contributed by atoms with Crippen LogP contribution in [-0.2, 0) is 4.79 Å². The van der Waals surface area contributed by atoms with Crippen LogP contribution in [0.2, 0.25) is 0 Å². The van der Waals surface area contributed by atoms with Crippen LogP contribution in [0.25, 0.3) is 0 Å². The molecule has 0 aromatic carbocycles. The summed E-state index contributed by atoms with van der Waals surface area (Å²) < 4.78 is 0. The molecule has 98 valence electrons. The summed E-state index contributed by atoms with van der Waals surface area (Å²) in [4.78, 5) is 22.6. The van der Waals surface area contributed by atoms with Crippen molar-refractivity contribution in [3.63, 3.8) is 0 Å². The Kier molecular flexibility index (Phi) is 3.94. The molecule has 1 saturated heterocycles. The van der Waals surface area contributed by atoms with Crippen molar-refractivity contribution in [2.24, 2.45) is 5.92 Å². The van der Waals surface area contributed by atoms with E-state index >= 15 is 0 Å². The number of hydrogen-bond donors (Lipinski definition) is 0. The Morgan fingerprint density at radius 3 is 2.94 bits per heavy atom. The SMILES string of the molecule is Cc1nccc([C@H]2CCCN(C(=O)C(C)C)C2)n1. The highest BCUT2D eigenvalue weighted by atomic mass is 16.2. The zero-order valence-corrected chi connectivity index (χ0v) is 11.4. The zero-order chi connectivity index (χ0) is 13.1. The predicted molar refractivity (Wildman–Crippen MR) is 70.2 cm³/mol. The fourth-order valence-corrected chi connectivity index (χ4v) is 2.49. The summed E-state index contributed by atoms with van der Waals surface area (Å²) in [5, 5.41) is 0. The number of nitrogens with zero attached hydrogens (tertiary/aromatic N) is 3. The van der Waals surface area contributed by atoms with Crippen LogP contribution in [0.1, 0.15) is 44.1 Å². The van der Waals surface area contributed by atoms with E-state index in [1.165, 1.54) is 0 Å². The molecule has 18 heavy (non-hydrogen) atoms. The van der Waals surface area contributed by atoms with Crippen LogP contribution >= 0.6 is 0 Å². The van der Waals surface area contributed by atoms with E-state index in [1.54, 1.807) is 6.20 Å². The number of carbonyl (C=O) groups is 1. The van der Waals surface area contributed by atoms with Crippen molar-refractivity contribution in [2.45, 2.75) is 39.5 Å². The predicted octanol–water partition coefficient (Wildman–Crippen LogP) is 2.15. The Labute approximate surface area is 108 Å². The molecule has 2 heterocycles. The number of hydrogen-bond acceptors (Lipinski definition) is 3. The van der Waals surface area contributed by atoms with Gasteiger partial charge in [0.1, 0.15) is 5.82 Å². The molecule has 4 nitrogen and oxygen atoms in total. The van der Waals surface area contributed by atoms with Gasteiger partial charge in [0, 0.05) is 36.8 Å². The molecule has 1 aliphatic rings. The van der Waals surface area contributed by atoms with Gasteiger partial charge in [0.2, 0.25) is 5.91 Å². The highest BCUT2D eigenvalue weighted by Gasteiger charge is 2.26. The van der Waals surface area contributed by atoms with E-state index in [4.69, 9.17) is 0 Å². The summed E-state index contributed by atoms with van der Waals surface area (Å²) >= 11 is 0. The second-order valence-corrected chi connectivity index (χ2v) is 5.31. The van der Waals surface area contributed by atoms with Crippen LogP contribution < -0.4 is 0 Å². The van der Waals surface area contributed by atoms with Gasteiger partial charge in [-0.3, -0.25) is 4.79 Å². The summed E-state index contributed by atoms with van der Waals surface area (Å²) in [6.07, 6.45) is 3.98. The number of piperidine rings is 1. The number of amides is 1. The lowest BCUT2D eigenvalue weighted by atomic mass is 9.94. The van der Waals surface area contributed by atoms with Crippen LogP contribution in [0.3, 0.4) is 0 Å². The third-order valence-electron chi connectivity index (χ3n) is 3.44. The highest BCUT2D eigenvalue weighted by molar-refractivity contribution is 5.78. The van der Waals surface area contributed by atoms with Crippen LogP contribution in [0.4, 0.5) is 0 Å². The van der Waals surface area contributed by atoms with E-state index in [1.807, 2.05) is 31.7 Å². The average molecular weight is 247 g/mol. The van der Waals surface area contributed by atoms with Crippen molar-refractivity contribution in [2.75, 3.05) is 13.1 Å². The second kappa shape index (κ2) is 5.46. The lowest BCUT2D eigenvalue weighted by Crippen LogP contribution is -2.41. The molecule has 1 aromatic rings. The van der Waals surface area contributed by atoms with Crippen LogP contribution in [0.15, 0.2) is 12.3 Å². The fraction of sp³-hybridized carbons (Fsp3) is 0.643. The number of aromatic nitrogens is 2. The summed E-state index contributed by atoms with van der Waals surface area (Å²) in [5.74, 6) is 1.50. The summed E-state index contributed by atoms with van der Waals surface area (Å²) in [6, 6.07) is 1.97. The monoisotopic (exact) mass is 247 g/mol. The van der Waals surface area contributed by atoms with Gasteiger partial charge in [-0.1, -0.05) is 13.8 Å². The first-order valence-corrected chi connectivity index (χ1v) is 6.66. The maximum atomic E-state index is 12.0. The molecule has 1 aromatic heterocycles. The molecule has 0 N–H and O–H groups in total. The Morgan fingerprint density at radius 1 is 1.50 bits per heavy atom. The largest absolute Gasteiger partial charge is 0.342 e. The lowest BCUT2D eigenvalue weighted by Gasteiger charge is -2.33. The van der Waals surface area contributed by atoms with Crippen molar-refractivity contribution in [3.8, 4) is 0 Å². The van der Waals surface area contributed by atoms with Gasteiger partial charge in [0.05, 0.1) is 0 Å². The molecule has 0 saturated carbocycles. The number of carbonyl (C=O) groups excluding carboxylic acids is 1. The maximum absolute atomic E-state index is 12.0. The highest BCUT2D eigenvalue weighted by Crippen LogP contribution is 2.26. The Morgan fingerprint density at radius 2 is 2.28 bits per heavy atom. The van der Waals surface area contributed by atoms with E-state index in [0.29, 0.717) is 5.92 Å². The molecule has 0 aliphatic carbocycles. The first kappa shape index (κ1) is 13.0. The van der Waals surface area contributed by atoms with E-state index in [2.05, 4.69) is 9.97 Å². The molecule has 0 radical (unpaired) electrons. The molecule has 4 heteroatoms. The van der Waals surface area contributed by atoms with Crippen LogP contribution in [-0.4, -0.2) is 33.9 Å². The van der Waals surface area contributed by atoms with E-state index in [-0.39, 0.29) is 11.8 Å². The quantitative estimate of drug-likeness (QED) is 0.804. The normalized spacial score (nSPS) is 20.2. The molecule has 1 amide bonds. The summed E-state index contributed by atoms with van der Waals surface area (Å²) in [7, 11) is 0. The molecule has 0 spiro atoms. The van der Waals surface area contributed by atoms with Gasteiger partial charge in [0.25, 0.3) is 0 Å². The average Bonchev–Trinajstić information content (AvgIpc) is 2.38. The summed E-state index contributed by atoms with van der Waals surface area (Å²) in [5.41, 5.74) is 1.07. The molecule has 2 rings (SSSR count). The molecule has 0 unspecified atom stereocenters. The minimum atomic E-state index is 0.0795. The Hall–Kier alpha value is -1.45. The first-order chi connectivity index (χ1) is 8.58. The van der Waals surface area contributed by atoms with Gasteiger partial charge < -0.3 is 4.90 Å². The minimum absolute atomic E-state index is 0.0795. The van der Waals surface area contributed by atoms with Crippen molar-refractivity contribution in [1.82, 2.24) is 14.9 Å². The number of likely N-dealkylation sites (tertiary alicyclic amines) is 1. The number of aryl methyl sites for hydroxylation is 1. The Bertz CT molecular complexity index is 431. The van der Waals surface area contributed by atoms with Gasteiger partial charge in [-0.25, -0.2) is 9.97 Å². The van der Waals surface area contributed by atoms with Crippen molar-refractivity contribution in [1.29, 1.82) is 0 Å². The van der Waals surface area contributed by atoms with Crippen molar-refractivity contribution < 1.29 is 4.79 Å². The van der Waals surface area contributed by atoms with Crippen LogP contribution in [0.5, 0.6) is 0 Å². The number of rotatable bonds is 2. The Balaban J connectivity index is 2.09. The molecule has 0 bridgehead atoms. The smallest absolute Gasteiger partial charge is 0.225 e. The van der Waals surface area contributed by atoms with E-state index < -0.39 is 0 Å². The first-order valence-electron chi connectivity index (χ1n) is 6.66. The van der Waals surface area contributed by atoms with Crippen LogP contribution in [0, 0.1) is 12.8 Å². The lowest BCUT2D eigenvalue weighted by molar-refractivity contribution is -0.135. The third kappa shape index (κ3) is 2.86. The standard InChI is InChI=1S/C14H21N3O/c1-10(2)14(18)17-8-4-5-12(9-17)13-6-7-15-11(3)16-13/h6-7,10,12H,4-5,8-9H2,1-3H3/t12-/m0/s1. The molecular formula is C14H21N3O. The summed E-state index contributed by atoms with van der Waals surface area (Å²) in [6.45, 7) is 7.51. The molecule has 1 fully saturated rings. The van der Waals surface area contributed by atoms with E-state index in [0.717, 1.165) is 37.4 Å². The third-order valence-corrected chi connectivity index (χ3v) is 3.44. The molecule has 1 atom stereocenters. The fourth-order valence-electron chi connectivity index (χ4n) is 2.49. The minimum Gasteiger partial charge on any atom is -0.342 e. The molecular weight excluding hydrogens is 226 g/mol. The van der Waals surface area contributed by atoms with Crippen molar-refractivity contribution >= 4 is 5.91 Å².